The van der Waals surface area contributed by atoms with Gasteiger partial charge >= 0.3 is 12.0 Å². The summed E-state index contributed by atoms with van der Waals surface area (Å²) < 4.78 is 11.9. The van der Waals surface area contributed by atoms with Gasteiger partial charge in [-0.1, -0.05) is 19.9 Å². The highest BCUT2D eigenvalue weighted by Gasteiger charge is 2.20. The van der Waals surface area contributed by atoms with E-state index in [0.717, 1.165) is 18.4 Å². The van der Waals surface area contributed by atoms with Crippen LogP contribution in [0.5, 0.6) is 11.8 Å². The number of fused-ring (bicyclic) bond motifs is 1. The number of ether oxygens (including phenoxy) is 2. The van der Waals surface area contributed by atoms with Gasteiger partial charge in [-0.15, -0.1) is 0 Å². The number of methoxy groups -OCH3 is 2. The molecule has 6 heteroatoms. The number of carbonyl (C=O) groups is 1. The van der Waals surface area contributed by atoms with Gasteiger partial charge in [0.2, 0.25) is 0 Å². The van der Waals surface area contributed by atoms with Gasteiger partial charge in [-0.05, 0) is 30.4 Å². The van der Waals surface area contributed by atoms with E-state index in [-0.39, 0.29) is 6.01 Å². The summed E-state index contributed by atoms with van der Waals surface area (Å²) in [5.74, 6) is 1.27. The lowest BCUT2D eigenvalue weighted by molar-refractivity contribution is 0.247. The fourth-order valence-electron chi connectivity index (χ4n) is 2.36. The molecule has 0 aliphatic rings. The fraction of sp³-hybridized carbons (Fsp3) is 0.467. The van der Waals surface area contributed by atoms with Crippen molar-refractivity contribution >= 4 is 17.1 Å². The number of nitrogens with zero attached hydrogens (tertiary/aromatic N) is 2. The fourth-order valence-corrected chi connectivity index (χ4v) is 2.36. The van der Waals surface area contributed by atoms with Gasteiger partial charge in [0.25, 0.3) is 0 Å². The molecule has 0 aliphatic carbocycles. The number of amides is 1. The minimum atomic E-state index is -0.633. The van der Waals surface area contributed by atoms with Crippen LogP contribution in [-0.4, -0.2) is 29.8 Å². The molecule has 6 nitrogen and oxygen atoms in total. The summed E-state index contributed by atoms with van der Waals surface area (Å²) in [5, 5.41) is 0. The summed E-state index contributed by atoms with van der Waals surface area (Å²) >= 11 is 0. The van der Waals surface area contributed by atoms with Gasteiger partial charge in [0.05, 0.1) is 19.7 Å². The first-order valence-corrected chi connectivity index (χ1v) is 6.91. The average molecular weight is 291 g/mol. The zero-order valence-corrected chi connectivity index (χ0v) is 12.8. The lowest BCUT2D eigenvalue weighted by atomic mass is 10.0. The molecule has 0 bridgehead atoms. The van der Waals surface area contributed by atoms with Gasteiger partial charge in [0.1, 0.15) is 11.3 Å². The highest BCUT2D eigenvalue weighted by molar-refractivity contribution is 5.93. The number of primary amides is 1. The van der Waals surface area contributed by atoms with E-state index >= 15 is 0 Å². The molecule has 1 aromatic heterocycles. The Morgan fingerprint density at radius 1 is 1.33 bits per heavy atom. The van der Waals surface area contributed by atoms with Gasteiger partial charge in [-0.2, -0.15) is 4.98 Å². The Kier molecular flexibility index (Phi) is 4.35. The number of carbonyl (C=O) groups excluding carboxylic acids is 1. The van der Waals surface area contributed by atoms with Crippen LogP contribution in [-0.2, 0) is 6.42 Å². The quantitative estimate of drug-likeness (QED) is 0.918. The number of imidazole rings is 1. The third kappa shape index (κ3) is 2.79. The second-order valence-electron chi connectivity index (χ2n) is 5.33. The van der Waals surface area contributed by atoms with E-state index < -0.39 is 6.03 Å². The lowest BCUT2D eigenvalue weighted by Crippen LogP contribution is -2.20. The predicted molar refractivity (Wildman–Crippen MR) is 81.0 cm³/mol. The highest BCUT2D eigenvalue weighted by Crippen LogP contribution is 2.33. The summed E-state index contributed by atoms with van der Waals surface area (Å²) in [6.07, 6.45) is 1.94. The molecule has 114 valence electrons. The molecule has 1 aromatic carbocycles. The number of nitrogens with two attached hydrogens (primary N) is 1. The summed E-state index contributed by atoms with van der Waals surface area (Å²) in [7, 11) is 3.05. The number of aryl methyl sites for hydroxylation is 1. The maximum absolute atomic E-state index is 11.6. The smallest absolute Gasteiger partial charge is 0.327 e. The molecule has 21 heavy (non-hydrogen) atoms. The molecule has 0 radical (unpaired) electrons. The predicted octanol–water partition coefficient (Wildman–Crippen LogP) is 2.57. The van der Waals surface area contributed by atoms with Crippen molar-refractivity contribution in [1.82, 2.24) is 9.55 Å². The second-order valence-corrected chi connectivity index (χ2v) is 5.33. The van der Waals surface area contributed by atoms with E-state index in [1.54, 1.807) is 7.11 Å². The van der Waals surface area contributed by atoms with Crippen molar-refractivity contribution in [2.45, 2.75) is 26.7 Å². The van der Waals surface area contributed by atoms with E-state index in [4.69, 9.17) is 15.2 Å². The largest absolute Gasteiger partial charge is 0.494 e. The molecule has 0 atom stereocenters. The summed E-state index contributed by atoms with van der Waals surface area (Å²) in [6.45, 7) is 4.35. The first-order chi connectivity index (χ1) is 9.99. The topological polar surface area (TPSA) is 79.4 Å². The van der Waals surface area contributed by atoms with Crippen molar-refractivity contribution in [3.8, 4) is 11.8 Å². The molecule has 0 aliphatic heterocycles. The molecule has 0 saturated carbocycles. The standard InChI is InChI=1S/C15H21N3O3/c1-9(2)5-6-10-7-8-11-12(13(10)20-3)17-15(21-4)18(11)14(16)19/h7-9H,5-6H2,1-4H3,(H2,16,19). The second kappa shape index (κ2) is 6.03. The van der Waals surface area contributed by atoms with Crippen molar-refractivity contribution in [2.24, 2.45) is 11.7 Å². The molecule has 2 rings (SSSR count). The van der Waals surface area contributed by atoms with E-state index in [1.165, 1.54) is 11.7 Å². The van der Waals surface area contributed by atoms with E-state index in [0.29, 0.717) is 22.7 Å². The summed E-state index contributed by atoms with van der Waals surface area (Å²) in [6, 6.07) is 3.31. The zero-order chi connectivity index (χ0) is 15.6. The molecule has 0 unspecified atom stereocenters. The van der Waals surface area contributed by atoms with Crippen LogP contribution in [0.2, 0.25) is 0 Å². The van der Waals surface area contributed by atoms with Crippen molar-refractivity contribution < 1.29 is 14.3 Å². The van der Waals surface area contributed by atoms with Crippen LogP contribution in [0.15, 0.2) is 12.1 Å². The number of rotatable bonds is 5. The summed E-state index contributed by atoms with van der Waals surface area (Å²) in [5.41, 5.74) is 7.64. The van der Waals surface area contributed by atoms with Gasteiger partial charge in [0.15, 0.2) is 0 Å². The van der Waals surface area contributed by atoms with Gasteiger partial charge in [0, 0.05) is 0 Å². The number of hydrogen-bond acceptors (Lipinski definition) is 4. The Morgan fingerprint density at radius 3 is 2.57 bits per heavy atom. The van der Waals surface area contributed by atoms with Crippen LogP contribution in [0.3, 0.4) is 0 Å². The Bertz CT molecular complexity index is 662. The molecule has 0 saturated heterocycles. The van der Waals surface area contributed by atoms with Crippen molar-refractivity contribution in [3.63, 3.8) is 0 Å². The first-order valence-electron chi connectivity index (χ1n) is 6.91. The molecule has 1 heterocycles. The Morgan fingerprint density at radius 2 is 2.05 bits per heavy atom. The van der Waals surface area contributed by atoms with Crippen LogP contribution in [0.1, 0.15) is 25.8 Å². The zero-order valence-electron chi connectivity index (χ0n) is 12.8. The van der Waals surface area contributed by atoms with Crippen molar-refractivity contribution in [2.75, 3.05) is 14.2 Å². The monoisotopic (exact) mass is 291 g/mol. The molecule has 0 spiro atoms. The first kappa shape index (κ1) is 15.2. The maximum atomic E-state index is 11.6. The number of benzene rings is 1. The van der Waals surface area contributed by atoms with Crippen LogP contribution in [0, 0.1) is 5.92 Å². The third-order valence-corrected chi connectivity index (χ3v) is 3.43. The highest BCUT2D eigenvalue weighted by atomic mass is 16.5. The Labute approximate surface area is 123 Å². The Balaban J connectivity index is 2.59. The third-order valence-electron chi connectivity index (χ3n) is 3.43. The minimum absolute atomic E-state index is 0.164. The van der Waals surface area contributed by atoms with Crippen molar-refractivity contribution in [1.29, 1.82) is 0 Å². The molecule has 1 amide bonds. The lowest BCUT2D eigenvalue weighted by Gasteiger charge is -2.10. The van der Waals surface area contributed by atoms with Crippen LogP contribution in [0.25, 0.3) is 11.0 Å². The van der Waals surface area contributed by atoms with Gasteiger partial charge in [-0.3, -0.25) is 0 Å². The van der Waals surface area contributed by atoms with Gasteiger partial charge in [-0.25, -0.2) is 9.36 Å². The SMILES string of the molecule is COc1c(CCC(C)C)ccc2c1nc(OC)n2C(N)=O. The minimum Gasteiger partial charge on any atom is -0.494 e. The van der Waals surface area contributed by atoms with E-state index in [9.17, 15) is 4.79 Å². The molecular weight excluding hydrogens is 270 g/mol. The van der Waals surface area contributed by atoms with E-state index in [1.807, 2.05) is 12.1 Å². The molecule has 2 N–H and O–H groups in total. The summed E-state index contributed by atoms with van der Waals surface area (Å²) in [4.78, 5) is 15.9. The van der Waals surface area contributed by atoms with Crippen LogP contribution < -0.4 is 15.2 Å². The number of hydrogen-bond donors (Lipinski definition) is 1. The maximum Gasteiger partial charge on any atom is 0.327 e. The van der Waals surface area contributed by atoms with Crippen molar-refractivity contribution in [3.05, 3.63) is 17.7 Å². The molecule has 2 aromatic rings. The number of aromatic nitrogens is 2. The molecular formula is C15H21N3O3. The van der Waals surface area contributed by atoms with Crippen LogP contribution >= 0.6 is 0 Å². The van der Waals surface area contributed by atoms with E-state index in [2.05, 4.69) is 18.8 Å². The Hall–Kier alpha value is -2.24. The normalized spacial score (nSPS) is 11.1. The average Bonchev–Trinajstić information content (AvgIpc) is 2.82. The van der Waals surface area contributed by atoms with Gasteiger partial charge < -0.3 is 15.2 Å². The molecule has 0 fully saturated rings. The van der Waals surface area contributed by atoms with Crippen LogP contribution in [0.4, 0.5) is 4.79 Å².